The second-order valence-corrected chi connectivity index (χ2v) is 9.83. The van der Waals surface area contributed by atoms with Gasteiger partial charge >= 0.3 is 0 Å². The summed E-state index contributed by atoms with van der Waals surface area (Å²) in [6, 6.07) is 12.5. The van der Waals surface area contributed by atoms with Crippen LogP contribution in [0.2, 0.25) is 0 Å². The minimum atomic E-state index is -3.56. The first-order valence-electron chi connectivity index (χ1n) is 11.2. The molecule has 9 nitrogen and oxygen atoms in total. The highest BCUT2D eigenvalue weighted by atomic mass is 32.2. The largest absolute Gasteiger partial charge is 0.331 e. The standard InChI is InChI=1S/C24H28N6O3S/c1-4-30(5-2)34(32,33)20-10-11-22-21(16-20)27-23(28(22)3)12-13-24(31)26-18-6-8-19(9-7-18)29-15-14-25-17-29/h6-11,14-17H,4-5,12-13H2,1-3H3,(H,26,31). The molecule has 0 bridgehead atoms. The molecule has 0 aliphatic heterocycles. The summed E-state index contributed by atoms with van der Waals surface area (Å²) >= 11 is 0. The number of hydrogen-bond acceptors (Lipinski definition) is 5. The number of hydrogen-bond donors (Lipinski definition) is 1. The molecule has 10 heteroatoms. The molecule has 0 radical (unpaired) electrons. The number of fused-ring (bicyclic) bond motifs is 1. The number of nitrogens with one attached hydrogen (secondary N) is 1. The van der Waals surface area contributed by atoms with Crippen LogP contribution in [0.1, 0.15) is 26.1 Å². The topological polar surface area (TPSA) is 102 Å². The Morgan fingerprint density at radius 3 is 2.47 bits per heavy atom. The number of sulfonamides is 1. The molecule has 1 amide bonds. The van der Waals surface area contributed by atoms with Crippen molar-refractivity contribution in [2.24, 2.45) is 7.05 Å². The summed E-state index contributed by atoms with van der Waals surface area (Å²) in [6.07, 6.45) is 5.97. The summed E-state index contributed by atoms with van der Waals surface area (Å²) in [7, 11) is -1.69. The number of amides is 1. The fourth-order valence-electron chi connectivity index (χ4n) is 3.90. The summed E-state index contributed by atoms with van der Waals surface area (Å²) in [4.78, 5) is 21.4. The average Bonchev–Trinajstić information content (AvgIpc) is 3.47. The lowest BCUT2D eigenvalue weighted by Crippen LogP contribution is -2.30. The lowest BCUT2D eigenvalue weighted by atomic mass is 10.2. The first kappa shape index (κ1) is 23.7. The fraction of sp³-hybridized carbons (Fsp3) is 0.292. The van der Waals surface area contributed by atoms with Crippen LogP contribution in [-0.2, 0) is 28.3 Å². The van der Waals surface area contributed by atoms with E-state index in [9.17, 15) is 13.2 Å². The van der Waals surface area contributed by atoms with Crippen LogP contribution in [0.5, 0.6) is 0 Å². The maximum Gasteiger partial charge on any atom is 0.243 e. The molecule has 2 aromatic carbocycles. The molecule has 1 N–H and O–H groups in total. The minimum absolute atomic E-state index is 0.118. The molecular weight excluding hydrogens is 452 g/mol. The van der Waals surface area contributed by atoms with Gasteiger partial charge < -0.3 is 14.5 Å². The van der Waals surface area contributed by atoms with Gasteiger partial charge in [-0.05, 0) is 42.5 Å². The lowest BCUT2D eigenvalue weighted by molar-refractivity contribution is -0.116. The van der Waals surface area contributed by atoms with Crippen LogP contribution < -0.4 is 5.32 Å². The number of carbonyl (C=O) groups is 1. The molecule has 0 unspecified atom stereocenters. The average molecular weight is 481 g/mol. The number of imidazole rings is 2. The van der Waals surface area contributed by atoms with Gasteiger partial charge in [-0.1, -0.05) is 13.8 Å². The van der Waals surface area contributed by atoms with Gasteiger partial charge in [0.15, 0.2) is 0 Å². The number of benzene rings is 2. The number of aryl methyl sites for hydroxylation is 2. The number of carbonyl (C=O) groups excluding carboxylic acids is 1. The van der Waals surface area contributed by atoms with Gasteiger partial charge in [-0.3, -0.25) is 4.79 Å². The van der Waals surface area contributed by atoms with Crippen LogP contribution in [0, 0.1) is 0 Å². The van der Waals surface area contributed by atoms with E-state index in [1.54, 1.807) is 30.7 Å². The van der Waals surface area contributed by atoms with Crippen molar-refractivity contribution in [2.45, 2.75) is 31.6 Å². The van der Waals surface area contributed by atoms with E-state index in [1.165, 1.54) is 4.31 Å². The molecule has 178 valence electrons. The molecule has 34 heavy (non-hydrogen) atoms. The van der Waals surface area contributed by atoms with Crippen LogP contribution >= 0.6 is 0 Å². The van der Waals surface area contributed by atoms with E-state index in [1.807, 2.05) is 60.5 Å². The molecule has 4 rings (SSSR count). The van der Waals surface area contributed by atoms with Crippen LogP contribution in [0.3, 0.4) is 0 Å². The zero-order valence-electron chi connectivity index (χ0n) is 19.5. The van der Waals surface area contributed by atoms with Crippen molar-refractivity contribution < 1.29 is 13.2 Å². The summed E-state index contributed by atoms with van der Waals surface area (Å²) in [5.41, 5.74) is 3.09. The Kier molecular flexibility index (Phi) is 6.80. The predicted molar refractivity (Wildman–Crippen MR) is 131 cm³/mol. The number of nitrogens with zero attached hydrogens (tertiary/aromatic N) is 5. The van der Waals surface area contributed by atoms with E-state index < -0.39 is 10.0 Å². The van der Waals surface area contributed by atoms with Gasteiger partial charge in [-0.15, -0.1) is 0 Å². The maximum absolute atomic E-state index is 12.8. The second-order valence-electron chi connectivity index (χ2n) is 7.89. The Morgan fingerprint density at radius 1 is 1.09 bits per heavy atom. The number of aromatic nitrogens is 4. The van der Waals surface area contributed by atoms with E-state index in [-0.39, 0.29) is 17.2 Å². The third kappa shape index (κ3) is 4.73. The highest BCUT2D eigenvalue weighted by Crippen LogP contribution is 2.23. The van der Waals surface area contributed by atoms with E-state index >= 15 is 0 Å². The molecule has 0 saturated carbocycles. The van der Waals surface area contributed by atoms with E-state index in [0.29, 0.717) is 30.7 Å². The van der Waals surface area contributed by atoms with Crippen LogP contribution in [0.4, 0.5) is 5.69 Å². The SMILES string of the molecule is CCN(CC)S(=O)(=O)c1ccc2c(c1)nc(CCC(=O)Nc1ccc(-n3ccnc3)cc1)n2C. The van der Waals surface area contributed by atoms with Crippen molar-refractivity contribution in [1.82, 2.24) is 23.4 Å². The zero-order valence-corrected chi connectivity index (χ0v) is 20.3. The first-order chi connectivity index (χ1) is 16.3. The van der Waals surface area contributed by atoms with E-state index in [0.717, 1.165) is 17.0 Å². The normalized spacial score (nSPS) is 11.9. The van der Waals surface area contributed by atoms with Crippen LogP contribution in [0.25, 0.3) is 16.7 Å². The molecule has 2 heterocycles. The third-order valence-electron chi connectivity index (χ3n) is 5.82. The summed E-state index contributed by atoms with van der Waals surface area (Å²) in [5, 5.41) is 2.91. The first-order valence-corrected chi connectivity index (χ1v) is 12.6. The minimum Gasteiger partial charge on any atom is -0.331 e. The number of rotatable bonds is 9. The molecule has 0 aliphatic rings. The van der Waals surface area contributed by atoms with E-state index in [4.69, 9.17) is 0 Å². The maximum atomic E-state index is 12.8. The van der Waals surface area contributed by atoms with Gasteiger partial charge in [-0.2, -0.15) is 4.31 Å². The zero-order chi connectivity index (χ0) is 24.3. The Labute approximate surface area is 199 Å². The molecule has 0 atom stereocenters. The van der Waals surface area contributed by atoms with Crippen molar-refractivity contribution >= 4 is 32.7 Å². The van der Waals surface area contributed by atoms with Crippen LogP contribution in [-0.4, -0.2) is 50.8 Å². The molecule has 2 aromatic heterocycles. The van der Waals surface area contributed by atoms with Gasteiger partial charge in [0.05, 0.1) is 22.3 Å². The van der Waals surface area contributed by atoms with E-state index in [2.05, 4.69) is 15.3 Å². The highest BCUT2D eigenvalue weighted by molar-refractivity contribution is 7.89. The van der Waals surface area contributed by atoms with Crippen LogP contribution in [0.15, 0.2) is 66.1 Å². The monoisotopic (exact) mass is 480 g/mol. The quantitative estimate of drug-likeness (QED) is 0.396. The van der Waals surface area contributed by atoms with Crippen molar-refractivity contribution in [3.63, 3.8) is 0 Å². The highest BCUT2D eigenvalue weighted by Gasteiger charge is 2.22. The van der Waals surface area contributed by atoms with Crippen molar-refractivity contribution in [2.75, 3.05) is 18.4 Å². The van der Waals surface area contributed by atoms with Crippen molar-refractivity contribution in [3.05, 3.63) is 67.0 Å². The molecule has 0 aliphatic carbocycles. The Bertz CT molecular complexity index is 1390. The summed E-state index contributed by atoms with van der Waals surface area (Å²) in [5.74, 6) is 0.602. The Balaban J connectivity index is 1.44. The second kappa shape index (κ2) is 9.78. The number of anilines is 1. The van der Waals surface area contributed by atoms with Gasteiger partial charge in [0.2, 0.25) is 15.9 Å². The van der Waals surface area contributed by atoms with Crippen molar-refractivity contribution in [3.8, 4) is 5.69 Å². The third-order valence-corrected chi connectivity index (χ3v) is 7.86. The smallest absolute Gasteiger partial charge is 0.243 e. The van der Waals surface area contributed by atoms with Gasteiger partial charge in [-0.25, -0.2) is 18.4 Å². The fourth-order valence-corrected chi connectivity index (χ4v) is 5.38. The van der Waals surface area contributed by atoms with Gasteiger partial charge in [0.25, 0.3) is 0 Å². The molecule has 0 saturated heterocycles. The Morgan fingerprint density at radius 2 is 1.82 bits per heavy atom. The summed E-state index contributed by atoms with van der Waals surface area (Å²) < 4.78 is 30.9. The van der Waals surface area contributed by atoms with Crippen molar-refractivity contribution in [1.29, 1.82) is 0 Å². The van der Waals surface area contributed by atoms with Gasteiger partial charge in [0, 0.05) is 56.7 Å². The van der Waals surface area contributed by atoms with Gasteiger partial charge in [0.1, 0.15) is 5.82 Å². The molecule has 0 fully saturated rings. The molecular formula is C24H28N6O3S. The summed E-state index contributed by atoms with van der Waals surface area (Å²) in [6.45, 7) is 4.45. The molecule has 4 aromatic rings. The molecule has 0 spiro atoms. The Hall–Kier alpha value is -3.50. The lowest BCUT2D eigenvalue weighted by Gasteiger charge is -2.18. The predicted octanol–water partition coefficient (Wildman–Crippen LogP) is 3.36.